The molecule has 1 atom stereocenters. The fourth-order valence-electron chi connectivity index (χ4n) is 2.91. The van der Waals surface area contributed by atoms with Crippen LogP contribution in [0.3, 0.4) is 0 Å². The summed E-state index contributed by atoms with van der Waals surface area (Å²) in [6, 6.07) is 10.3. The average molecular weight is 387 g/mol. The third-order valence-electron chi connectivity index (χ3n) is 4.05. The number of thioether (sulfide) groups is 1. The Labute approximate surface area is 161 Å². The van der Waals surface area contributed by atoms with Crippen molar-refractivity contribution in [3.63, 3.8) is 0 Å². The first kappa shape index (κ1) is 19.1. The number of amides is 1. The Morgan fingerprint density at radius 2 is 2.11 bits per heavy atom. The molecule has 2 aromatic carbocycles. The highest BCUT2D eigenvalue weighted by molar-refractivity contribution is 8.00. The van der Waals surface area contributed by atoms with Crippen molar-refractivity contribution < 1.29 is 24.2 Å². The molecule has 7 heteroatoms. The predicted molar refractivity (Wildman–Crippen MR) is 104 cm³/mol. The highest BCUT2D eigenvalue weighted by Crippen LogP contribution is 2.38. The zero-order valence-electron chi connectivity index (χ0n) is 15.2. The smallest absolute Gasteiger partial charge is 0.336 e. The molecule has 0 bridgehead atoms. The summed E-state index contributed by atoms with van der Waals surface area (Å²) in [5.41, 5.74) is 1.81. The van der Waals surface area contributed by atoms with Crippen LogP contribution in [-0.4, -0.2) is 35.4 Å². The summed E-state index contributed by atoms with van der Waals surface area (Å²) in [6.45, 7) is 4.37. The fourth-order valence-corrected chi connectivity index (χ4v) is 3.76. The zero-order chi connectivity index (χ0) is 19.4. The Balaban J connectivity index is 1.71. The number of anilines is 1. The van der Waals surface area contributed by atoms with Gasteiger partial charge in [0.1, 0.15) is 17.6 Å². The van der Waals surface area contributed by atoms with E-state index in [1.165, 1.54) is 17.8 Å². The van der Waals surface area contributed by atoms with Gasteiger partial charge < -0.3 is 19.9 Å². The summed E-state index contributed by atoms with van der Waals surface area (Å²) in [4.78, 5) is 24.2. The molecule has 0 radical (unpaired) electrons. The van der Waals surface area contributed by atoms with Crippen molar-refractivity contribution in [2.45, 2.75) is 31.3 Å². The van der Waals surface area contributed by atoms with Gasteiger partial charge in [0.25, 0.3) is 0 Å². The van der Waals surface area contributed by atoms with E-state index in [1.54, 1.807) is 24.3 Å². The van der Waals surface area contributed by atoms with Crippen molar-refractivity contribution in [1.82, 2.24) is 0 Å². The summed E-state index contributed by atoms with van der Waals surface area (Å²) in [7, 11) is 0. The van der Waals surface area contributed by atoms with E-state index >= 15 is 0 Å². The minimum atomic E-state index is -1.01. The van der Waals surface area contributed by atoms with Crippen LogP contribution in [0.5, 0.6) is 11.5 Å². The summed E-state index contributed by atoms with van der Waals surface area (Å²) >= 11 is 1.18. The fraction of sp³-hybridized carbons (Fsp3) is 0.300. The number of hydrogen-bond acceptors (Lipinski definition) is 5. The first-order valence-corrected chi connectivity index (χ1v) is 9.67. The molecule has 3 rings (SSSR count). The summed E-state index contributed by atoms with van der Waals surface area (Å²) < 4.78 is 11.4. The van der Waals surface area contributed by atoms with Crippen LogP contribution < -0.4 is 14.8 Å². The van der Waals surface area contributed by atoms with E-state index in [4.69, 9.17) is 9.47 Å². The van der Waals surface area contributed by atoms with Gasteiger partial charge in [-0.15, -0.1) is 11.8 Å². The van der Waals surface area contributed by atoms with Crippen molar-refractivity contribution >= 4 is 29.3 Å². The van der Waals surface area contributed by atoms with Crippen molar-refractivity contribution in [2.24, 2.45) is 0 Å². The number of carboxylic acid groups (broad SMARTS) is 1. The summed E-state index contributed by atoms with van der Waals surface area (Å²) in [5.74, 6) is 0.196. The molecule has 0 aromatic heterocycles. The van der Waals surface area contributed by atoms with E-state index in [9.17, 15) is 14.7 Å². The van der Waals surface area contributed by atoms with Gasteiger partial charge in [-0.3, -0.25) is 4.79 Å². The van der Waals surface area contributed by atoms with Crippen LogP contribution in [0.25, 0.3) is 0 Å². The van der Waals surface area contributed by atoms with Gasteiger partial charge in [0, 0.05) is 22.9 Å². The van der Waals surface area contributed by atoms with Crippen LogP contribution in [0.2, 0.25) is 0 Å². The number of ether oxygens (including phenoxy) is 2. The van der Waals surface area contributed by atoms with Gasteiger partial charge in [-0.05, 0) is 32.0 Å². The highest BCUT2D eigenvalue weighted by atomic mass is 32.2. The Hall–Kier alpha value is -2.67. The number of nitrogens with one attached hydrogen (secondary N) is 1. The quantitative estimate of drug-likeness (QED) is 0.702. The van der Waals surface area contributed by atoms with E-state index in [1.807, 2.05) is 19.9 Å². The largest absolute Gasteiger partial charge is 0.492 e. The summed E-state index contributed by atoms with van der Waals surface area (Å²) in [6.07, 6.45) is 0.911. The number of carbonyl (C=O) groups is 2. The zero-order valence-corrected chi connectivity index (χ0v) is 16.0. The molecule has 0 spiro atoms. The van der Waals surface area contributed by atoms with E-state index in [2.05, 4.69) is 5.32 Å². The van der Waals surface area contributed by atoms with Gasteiger partial charge >= 0.3 is 5.97 Å². The molecule has 1 aliphatic rings. The van der Waals surface area contributed by atoms with Gasteiger partial charge in [0.15, 0.2) is 0 Å². The minimum absolute atomic E-state index is 0.0875. The maximum atomic E-state index is 12.4. The SMILES string of the molecule is CCOc1cc2c(cc1NC(=O)CSc1ccccc1C(=O)O)O[C@@H](C)C2. The molecular weight excluding hydrogens is 366 g/mol. The molecule has 27 heavy (non-hydrogen) atoms. The maximum Gasteiger partial charge on any atom is 0.336 e. The molecule has 0 aliphatic carbocycles. The number of fused-ring (bicyclic) bond motifs is 1. The lowest BCUT2D eigenvalue weighted by Crippen LogP contribution is -2.15. The normalized spacial score (nSPS) is 15.0. The van der Waals surface area contributed by atoms with Crippen LogP contribution in [-0.2, 0) is 11.2 Å². The number of carbonyl (C=O) groups excluding carboxylic acids is 1. The van der Waals surface area contributed by atoms with E-state index in [0.29, 0.717) is 22.9 Å². The van der Waals surface area contributed by atoms with Crippen molar-refractivity contribution in [2.75, 3.05) is 17.7 Å². The van der Waals surface area contributed by atoms with Crippen molar-refractivity contribution in [3.05, 3.63) is 47.5 Å². The molecule has 1 aliphatic heterocycles. The highest BCUT2D eigenvalue weighted by Gasteiger charge is 2.22. The lowest BCUT2D eigenvalue weighted by molar-refractivity contribution is -0.113. The Morgan fingerprint density at radius 1 is 1.33 bits per heavy atom. The van der Waals surface area contributed by atoms with Gasteiger partial charge in [-0.2, -0.15) is 0 Å². The third-order valence-corrected chi connectivity index (χ3v) is 5.12. The number of aromatic carboxylic acids is 1. The van der Waals surface area contributed by atoms with Crippen LogP contribution >= 0.6 is 11.8 Å². The van der Waals surface area contributed by atoms with Crippen molar-refractivity contribution in [3.8, 4) is 11.5 Å². The second-order valence-corrected chi connectivity index (χ2v) is 7.18. The minimum Gasteiger partial charge on any atom is -0.492 e. The lowest BCUT2D eigenvalue weighted by Gasteiger charge is -2.13. The van der Waals surface area contributed by atoms with E-state index < -0.39 is 5.97 Å². The van der Waals surface area contributed by atoms with Crippen LogP contribution in [0, 0.1) is 0 Å². The van der Waals surface area contributed by atoms with Gasteiger partial charge in [-0.1, -0.05) is 12.1 Å². The molecule has 0 saturated heterocycles. The van der Waals surface area contributed by atoms with Gasteiger partial charge in [-0.25, -0.2) is 4.79 Å². The first-order valence-electron chi connectivity index (χ1n) is 8.69. The van der Waals surface area contributed by atoms with E-state index in [0.717, 1.165) is 17.7 Å². The molecule has 0 fully saturated rings. The number of benzene rings is 2. The number of hydrogen-bond donors (Lipinski definition) is 2. The molecular formula is C20H21NO5S. The molecule has 0 unspecified atom stereocenters. The van der Waals surface area contributed by atoms with Crippen molar-refractivity contribution in [1.29, 1.82) is 0 Å². The standard InChI is InChI=1S/C20H21NO5S/c1-3-25-17-9-13-8-12(2)26-16(13)10-15(17)21-19(22)11-27-18-7-5-4-6-14(18)20(23)24/h4-7,9-10,12H,3,8,11H2,1-2H3,(H,21,22)(H,23,24)/t12-/m0/s1. The third kappa shape index (κ3) is 4.54. The monoisotopic (exact) mass is 387 g/mol. The lowest BCUT2D eigenvalue weighted by atomic mass is 10.1. The van der Waals surface area contributed by atoms with Crippen LogP contribution in [0.4, 0.5) is 5.69 Å². The van der Waals surface area contributed by atoms with Crippen LogP contribution in [0.15, 0.2) is 41.3 Å². The Bertz CT molecular complexity index is 867. The Kier molecular flexibility index (Phi) is 5.91. The van der Waals surface area contributed by atoms with Gasteiger partial charge in [0.2, 0.25) is 5.91 Å². The molecule has 2 aromatic rings. The number of rotatable bonds is 7. The second kappa shape index (κ2) is 8.35. The number of carboxylic acids is 1. The second-order valence-electron chi connectivity index (χ2n) is 6.16. The average Bonchev–Trinajstić information content (AvgIpc) is 2.99. The van der Waals surface area contributed by atoms with E-state index in [-0.39, 0.29) is 23.3 Å². The first-order chi connectivity index (χ1) is 13.0. The maximum absolute atomic E-state index is 12.4. The molecule has 2 N–H and O–H groups in total. The molecule has 0 saturated carbocycles. The Morgan fingerprint density at radius 3 is 2.85 bits per heavy atom. The molecule has 1 heterocycles. The molecule has 142 valence electrons. The molecule has 1 amide bonds. The topological polar surface area (TPSA) is 84.9 Å². The summed E-state index contributed by atoms with van der Waals surface area (Å²) in [5, 5.41) is 12.1. The van der Waals surface area contributed by atoms with Gasteiger partial charge in [0.05, 0.1) is 23.6 Å². The molecule has 6 nitrogen and oxygen atoms in total. The predicted octanol–water partition coefficient (Wildman–Crippen LogP) is 3.84. The van der Waals surface area contributed by atoms with Crippen LogP contribution in [0.1, 0.15) is 29.8 Å².